The lowest BCUT2D eigenvalue weighted by atomic mass is 9.99. The fourth-order valence-electron chi connectivity index (χ4n) is 5.43. The van der Waals surface area contributed by atoms with E-state index in [-0.39, 0.29) is 11.8 Å². The van der Waals surface area contributed by atoms with Crippen molar-refractivity contribution < 1.29 is 9.59 Å². The van der Waals surface area contributed by atoms with Gasteiger partial charge in [-0.2, -0.15) is 5.10 Å². The molecule has 0 atom stereocenters. The number of piperazine rings is 1. The molecule has 0 bridgehead atoms. The summed E-state index contributed by atoms with van der Waals surface area (Å²) in [5, 5.41) is 7.74. The SMILES string of the molecule is CN(C)C(=O)c1cc(-c2ccc(N3CCNCC3)cc2)c2[nH]c(C3=CCCN(C(=O)CCN=C/C=N\N)C3)cc2c1. The van der Waals surface area contributed by atoms with Gasteiger partial charge in [-0.1, -0.05) is 18.2 Å². The monoisotopic (exact) mass is 554 g/mol. The summed E-state index contributed by atoms with van der Waals surface area (Å²) in [6, 6.07) is 14.6. The molecule has 1 saturated heterocycles. The maximum atomic E-state index is 13.0. The van der Waals surface area contributed by atoms with Crippen LogP contribution in [0.15, 0.2) is 58.6 Å². The number of carbonyl (C=O) groups excluding carboxylic acids is 2. The summed E-state index contributed by atoms with van der Waals surface area (Å²) in [7, 11) is 3.54. The molecule has 3 aromatic rings. The summed E-state index contributed by atoms with van der Waals surface area (Å²) in [6.07, 6.45) is 6.21. The van der Waals surface area contributed by atoms with E-state index >= 15 is 0 Å². The molecule has 1 fully saturated rings. The number of aliphatic imine (C=N–C) groups is 1. The molecule has 5 rings (SSSR count). The lowest BCUT2D eigenvalue weighted by Gasteiger charge is -2.29. The summed E-state index contributed by atoms with van der Waals surface area (Å²) >= 11 is 0. The Balaban J connectivity index is 1.43. The number of nitrogens with zero attached hydrogens (tertiary/aromatic N) is 5. The normalized spacial score (nSPS) is 16.1. The molecule has 214 valence electrons. The van der Waals surface area contributed by atoms with Gasteiger partial charge in [0.15, 0.2) is 0 Å². The lowest BCUT2D eigenvalue weighted by Crippen LogP contribution is -2.43. The highest BCUT2D eigenvalue weighted by Crippen LogP contribution is 2.34. The average Bonchev–Trinajstić information content (AvgIpc) is 3.45. The maximum Gasteiger partial charge on any atom is 0.253 e. The molecular weight excluding hydrogens is 516 g/mol. The number of hydrogen-bond donors (Lipinski definition) is 3. The second-order valence-electron chi connectivity index (χ2n) is 10.6. The Hall–Kier alpha value is -4.44. The third-order valence-electron chi connectivity index (χ3n) is 7.60. The van der Waals surface area contributed by atoms with Crippen LogP contribution < -0.4 is 16.1 Å². The average molecular weight is 555 g/mol. The zero-order chi connectivity index (χ0) is 28.8. The molecule has 0 aliphatic carbocycles. The number of amides is 2. The molecule has 2 aromatic carbocycles. The summed E-state index contributed by atoms with van der Waals surface area (Å²) in [6.45, 7) is 5.55. The quantitative estimate of drug-likeness (QED) is 0.225. The van der Waals surface area contributed by atoms with Crippen molar-refractivity contribution in [3.05, 3.63) is 59.8 Å². The predicted octanol–water partition coefficient (Wildman–Crippen LogP) is 2.97. The third kappa shape index (κ3) is 6.49. The molecule has 3 heterocycles. The number of H-pyrrole nitrogens is 1. The Kier molecular flexibility index (Phi) is 8.79. The van der Waals surface area contributed by atoms with Crippen LogP contribution in [0.2, 0.25) is 0 Å². The van der Waals surface area contributed by atoms with E-state index in [9.17, 15) is 9.59 Å². The largest absolute Gasteiger partial charge is 0.369 e. The second kappa shape index (κ2) is 12.8. The van der Waals surface area contributed by atoms with Crippen molar-refractivity contribution in [3.8, 4) is 11.1 Å². The van der Waals surface area contributed by atoms with Crippen LogP contribution in [0, 0.1) is 0 Å². The maximum absolute atomic E-state index is 13.0. The van der Waals surface area contributed by atoms with Crippen LogP contribution in [0.1, 0.15) is 28.9 Å². The number of fused-ring (bicyclic) bond motifs is 1. The fraction of sp³-hybridized carbons (Fsp3) is 0.355. The topological polar surface area (TPSA) is 122 Å². The number of aromatic nitrogens is 1. The van der Waals surface area contributed by atoms with Gasteiger partial charge in [-0.25, -0.2) is 0 Å². The number of nitrogens with two attached hydrogens (primary N) is 1. The first kappa shape index (κ1) is 28.1. The molecule has 2 aliphatic heterocycles. The summed E-state index contributed by atoms with van der Waals surface area (Å²) in [5.74, 6) is 5.10. The second-order valence-corrected chi connectivity index (χ2v) is 10.6. The molecule has 0 saturated carbocycles. The van der Waals surface area contributed by atoms with Crippen LogP contribution in [0.4, 0.5) is 5.69 Å². The van der Waals surface area contributed by atoms with Crippen molar-refractivity contribution >= 4 is 46.4 Å². The van der Waals surface area contributed by atoms with Gasteiger partial charge in [0, 0.05) is 100 Å². The highest BCUT2D eigenvalue weighted by molar-refractivity contribution is 6.15. The number of hydrogen-bond acceptors (Lipinski definition) is 7. The van der Waals surface area contributed by atoms with Gasteiger partial charge in [-0.3, -0.25) is 14.6 Å². The van der Waals surface area contributed by atoms with Crippen molar-refractivity contribution in [1.29, 1.82) is 0 Å². The number of hydrazone groups is 1. The smallest absolute Gasteiger partial charge is 0.253 e. The molecule has 2 aliphatic rings. The Labute approximate surface area is 240 Å². The Morgan fingerprint density at radius 3 is 2.56 bits per heavy atom. The highest BCUT2D eigenvalue weighted by atomic mass is 16.2. The van der Waals surface area contributed by atoms with Crippen molar-refractivity contribution in [2.45, 2.75) is 12.8 Å². The first-order chi connectivity index (χ1) is 19.9. The van der Waals surface area contributed by atoms with Gasteiger partial charge in [0.25, 0.3) is 5.91 Å². The number of nitrogens with one attached hydrogen (secondary N) is 2. The van der Waals surface area contributed by atoms with Crippen molar-refractivity contribution in [2.75, 3.05) is 64.8 Å². The van der Waals surface area contributed by atoms with Gasteiger partial charge in [0.2, 0.25) is 5.91 Å². The van der Waals surface area contributed by atoms with Crippen LogP contribution in [-0.4, -0.2) is 98.9 Å². The minimum atomic E-state index is -0.0395. The van der Waals surface area contributed by atoms with E-state index in [0.29, 0.717) is 31.6 Å². The standard InChI is InChI=1S/C31H38N8O2/c1-37(2)31(41)25-18-24-20-28(23-4-3-15-39(21-23)29(40)9-10-33-11-12-35-32)36-30(24)27(19-25)22-5-7-26(8-6-22)38-16-13-34-14-17-38/h4-8,11-12,18-20,34,36H,3,9-10,13-17,21,32H2,1-2H3/b33-11?,35-12-. The van der Waals surface area contributed by atoms with E-state index in [1.807, 2.05) is 17.0 Å². The van der Waals surface area contributed by atoms with Crippen molar-refractivity contribution in [3.63, 3.8) is 0 Å². The van der Waals surface area contributed by atoms with E-state index in [4.69, 9.17) is 5.84 Å². The van der Waals surface area contributed by atoms with Crippen LogP contribution >= 0.6 is 0 Å². The van der Waals surface area contributed by atoms with Crippen molar-refractivity contribution in [1.82, 2.24) is 20.1 Å². The number of aromatic amines is 1. The molecule has 10 heteroatoms. The highest BCUT2D eigenvalue weighted by Gasteiger charge is 2.21. The molecule has 10 nitrogen and oxygen atoms in total. The first-order valence-electron chi connectivity index (χ1n) is 14.1. The fourth-order valence-corrected chi connectivity index (χ4v) is 5.43. The molecular formula is C31H38N8O2. The van der Waals surface area contributed by atoms with Gasteiger partial charge in [-0.05, 0) is 47.9 Å². The number of anilines is 1. The molecule has 2 amide bonds. The third-order valence-corrected chi connectivity index (χ3v) is 7.60. The van der Waals surface area contributed by atoms with Gasteiger partial charge in [0.1, 0.15) is 0 Å². The zero-order valence-electron chi connectivity index (χ0n) is 23.8. The van der Waals surface area contributed by atoms with Gasteiger partial charge < -0.3 is 30.8 Å². The first-order valence-corrected chi connectivity index (χ1v) is 14.1. The molecule has 4 N–H and O–H groups in total. The number of rotatable bonds is 8. The summed E-state index contributed by atoms with van der Waals surface area (Å²) in [4.78, 5) is 39.5. The Morgan fingerprint density at radius 2 is 1.83 bits per heavy atom. The Morgan fingerprint density at radius 1 is 1.05 bits per heavy atom. The van der Waals surface area contributed by atoms with Crippen LogP contribution in [-0.2, 0) is 4.79 Å². The van der Waals surface area contributed by atoms with E-state index in [0.717, 1.165) is 65.9 Å². The van der Waals surface area contributed by atoms with Gasteiger partial charge in [0.05, 0.1) is 11.7 Å². The van der Waals surface area contributed by atoms with E-state index < -0.39 is 0 Å². The molecule has 41 heavy (non-hydrogen) atoms. The minimum Gasteiger partial charge on any atom is -0.369 e. The summed E-state index contributed by atoms with van der Waals surface area (Å²) < 4.78 is 0. The van der Waals surface area contributed by atoms with E-state index in [2.05, 4.69) is 61.7 Å². The molecule has 0 unspecified atom stereocenters. The summed E-state index contributed by atoms with van der Waals surface area (Å²) in [5.41, 5.74) is 6.88. The molecule has 0 spiro atoms. The molecule has 1 aromatic heterocycles. The van der Waals surface area contributed by atoms with Crippen molar-refractivity contribution in [2.24, 2.45) is 15.9 Å². The predicted molar refractivity (Wildman–Crippen MR) is 167 cm³/mol. The van der Waals surface area contributed by atoms with Gasteiger partial charge in [-0.15, -0.1) is 0 Å². The van der Waals surface area contributed by atoms with Crippen LogP contribution in [0.25, 0.3) is 27.6 Å². The Bertz CT molecular complexity index is 1480. The van der Waals surface area contributed by atoms with Crippen LogP contribution in [0.3, 0.4) is 0 Å². The van der Waals surface area contributed by atoms with Crippen LogP contribution in [0.5, 0.6) is 0 Å². The number of benzene rings is 2. The van der Waals surface area contributed by atoms with E-state index in [1.165, 1.54) is 18.1 Å². The lowest BCUT2D eigenvalue weighted by molar-refractivity contribution is -0.130. The van der Waals surface area contributed by atoms with E-state index in [1.54, 1.807) is 19.0 Å². The van der Waals surface area contributed by atoms with Gasteiger partial charge >= 0.3 is 0 Å². The number of carbonyl (C=O) groups is 2. The zero-order valence-corrected chi connectivity index (χ0v) is 23.8. The minimum absolute atomic E-state index is 0.0395. The molecule has 0 radical (unpaired) electrons.